The topological polar surface area (TPSA) is 46.5 Å². The van der Waals surface area contributed by atoms with E-state index in [1.807, 2.05) is 18.2 Å². The van der Waals surface area contributed by atoms with E-state index in [0.29, 0.717) is 15.8 Å². The van der Waals surface area contributed by atoms with Crippen LogP contribution in [0.15, 0.2) is 53.0 Å². The molecule has 0 radical (unpaired) electrons. The van der Waals surface area contributed by atoms with E-state index in [0.717, 1.165) is 5.56 Å². The molecule has 0 heterocycles. The van der Waals surface area contributed by atoms with Gasteiger partial charge in [-0.15, -0.1) is 0 Å². The fraction of sp³-hybridized carbons (Fsp3) is 0.0625. The number of ether oxygens (including phenoxy) is 1. The largest absolute Gasteiger partial charge is 0.503 e. The zero-order valence-corrected chi connectivity index (χ0v) is 12.4. The van der Waals surface area contributed by atoms with Crippen molar-refractivity contribution < 1.29 is 14.6 Å². The third-order valence-corrected chi connectivity index (χ3v) is 3.36. The summed E-state index contributed by atoms with van der Waals surface area (Å²) in [7, 11) is 1.48. The van der Waals surface area contributed by atoms with Crippen molar-refractivity contribution in [2.45, 2.75) is 0 Å². The van der Waals surface area contributed by atoms with E-state index in [-0.39, 0.29) is 11.5 Å². The van der Waals surface area contributed by atoms with E-state index < -0.39 is 0 Å². The van der Waals surface area contributed by atoms with E-state index >= 15 is 0 Å². The van der Waals surface area contributed by atoms with Gasteiger partial charge in [0.1, 0.15) is 0 Å². The maximum Gasteiger partial charge on any atom is 0.185 e. The molecular formula is C16H13BrO3. The van der Waals surface area contributed by atoms with E-state index in [1.54, 1.807) is 30.3 Å². The van der Waals surface area contributed by atoms with Crippen LogP contribution in [0.3, 0.4) is 0 Å². The summed E-state index contributed by atoms with van der Waals surface area (Å²) < 4.78 is 5.58. The van der Waals surface area contributed by atoms with Gasteiger partial charge >= 0.3 is 0 Å². The number of carbonyl (C=O) groups is 1. The number of halogens is 1. The monoisotopic (exact) mass is 332 g/mol. The number of rotatable bonds is 4. The van der Waals surface area contributed by atoms with Gasteiger partial charge in [0, 0.05) is 5.56 Å². The second kappa shape index (κ2) is 6.39. The Morgan fingerprint density at radius 3 is 2.60 bits per heavy atom. The van der Waals surface area contributed by atoms with Crippen molar-refractivity contribution in [3.8, 4) is 11.5 Å². The van der Waals surface area contributed by atoms with Gasteiger partial charge in [-0.25, -0.2) is 0 Å². The first-order valence-corrected chi connectivity index (χ1v) is 6.75. The number of ketones is 1. The predicted molar refractivity (Wildman–Crippen MR) is 82.2 cm³/mol. The highest BCUT2D eigenvalue weighted by Gasteiger charge is 2.07. The quantitative estimate of drug-likeness (QED) is 0.678. The molecule has 0 aliphatic carbocycles. The lowest BCUT2D eigenvalue weighted by atomic mass is 10.1. The molecule has 0 spiro atoms. The minimum Gasteiger partial charge on any atom is -0.503 e. The Kier molecular flexibility index (Phi) is 4.58. The zero-order valence-electron chi connectivity index (χ0n) is 10.8. The normalized spacial score (nSPS) is 10.7. The van der Waals surface area contributed by atoms with Crippen LogP contribution in [0.1, 0.15) is 15.9 Å². The summed E-state index contributed by atoms with van der Waals surface area (Å²) in [6.45, 7) is 0. The molecule has 0 saturated heterocycles. The summed E-state index contributed by atoms with van der Waals surface area (Å²) in [5.41, 5.74) is 1.39. The Bertz CT molecular complexity index is 648. The molecule has 0 aromatic heterocycles. The molecule has 2 aromatic carbocycles. The number of hydrogen-bond acceptors (Lipinski definition) is 3. The Balaban J connectivity index is 2.24. The van der Waals surface area contributed by atoms with Crippen LogP contribution >= 0.6 is 15.9 Å². The van der Waals surface area contributed by atoms with Crippen LogP contribution in [0.5, 0.6) is 11.5 Å². The number of carbonyl (C=O) groups excluding carboxylic acids is 1. The number of methoxy groups -OCH3 is 1. The first kappa shape index (κ1) is 14.3. The molecule has 0 saturated carbocycles. The molecule has 20 heavy (non-hydrogen) atoms. The first-order chi connectivity index (χ1) is 9.61. The van der Waals surface area contributed by atoms with Crippen LogP contribution in [0.25, 0.3) is 6.08 Å². The van der Waals surface area contributed by atoms with E-state index in [1.165, 1.54) is 13.2 Å². The molecule has 0 bridgehead atoms. The Hall–Kier alpha value is -2.07. The second-order valence-corrected chi connectivity index (χ2v) is 4.97. The Morgan fingerprint density at radius 1 is 1.25 bits per heavy atom. The van der Waals surface area contributed by atoms with E-state index in [4.69, 9.17) is 4.74 Å². The van der Waals surface area contributed by atoms with Crippen molar-refractivity contribution in [3.63, 3.8) is 0 Å². The fourth-order valence-electron chi connectivity index (χ4n) is 1.72. The van der Waals surface area contributed by atoms with E-state index in [9.17, 15) is 9.90 Å². The minimum atomic E-state index is -0.0752. The minimum absolute atomic E-state index is 0.0408. The molecule has 2 aromatic rings. The van der Waals surface area contributed by atoms with Crippen molar-refractivity contribution in [2.24, 2.45) is 0 Å². The maximum atomic E-state index is 11.9. The second-order valence-electron chi connectivity index (χ2n) is 4.12. The number of aromatic hydroxyl groups is 1. The van der Waals surface area contributed by atoms with Gasteiger partial charge < -0.3 is 9.84 Å². The zero-order chi connectivity index (χ0) is 14.5. The van der Waals surface area contributed by atoms with Gasteiger partial charge in [-0.05, 0) is 39.7 Å². The Labute approximate surface area is 125 Å². The lowest BCUT2D eigenvalue weighted by molar-refractivity contribution is 0.104. The standard InChI is InChI=1S/C16H13BrO3/c1-20-15-10-11(9-13(17)16(15)19)7-8-14(18)12-5-3-2-4-6-12/h2-10,19H,1H3/b8-7+. The molecule has 0 unspecified atom stereocenters. The summed E-state index contributed by atoms with van der Waals surface area (Å²) in [6, 6.07) is 12.4. The van der Waals surface area contributed by atoms with Gasteiger partial charge in [0.05, 0.1) is 11.6 Å². The third-order valence-electron chi connectivity index (χ3n) is 2.76. The molecule has 3 nitrogen and oxygen atoms in total. The van der Waals surface area contributed by atoms with Gasteiger partial charge in [0.15, 0.2) is 17.3 Å². The molecule has 0 aliphatic rings. The van der Waals surface area contributed by atoms with Gasteiger partial charge in [-0.1, -0.05) is 36.4 Å². The lowest BCUT2D eigenvalue weighted by Crippen LogP contribution is -1.93. The predicted octanol–water partition coefficient (Wildman–Crippen LogP) is 4.06. The number of hydrogen-bond donors (Lipinski definition) is 1. The molecule has 4 heteroatoms. The summed E-state index contributed by atoms with van der Waals surface area (Å²) in [5.74, 6) is 0.319. The van der Waals surface area contributed by atoms with Crippen molar-refractivity contribution in [3.05, 3.63) is 64.1 Å². The van der Waals surface area contributed by atoms with Crippen molar-refractivity contribution in [2.75, 3.05) is 7.11 Å². The van der Waals surface area contributed by atoms with Crippen LogP contribution in [-0.2, 0) is 0 Å². The van der Waals surface area contributed by atoms with Crippen LogP contribution in [0.2, 0.25) is 0 Å². The number of phenols is 1. The lowest BCUT2D eigenvalue weighted by Gasteiger charge is -2.06. The molecule has 2 rings (SSSR count). The van der Waals surface area contributed by atoms with Crippen LogP contribution < -0.4 is 4.74 Å². The molecule has 0 aliphatic heterocycles. The van der Waals surface area contributed by atoms with Crippen LogP contribution in [-0.4, -0.2) is 18.0 Å². The summed E-state index contributed by atoms with van der Waals surface area (Å²) in [6.07, 6.45) is 3.18. The van der Waals surface area contributed by atoms with Gasteiger partial charge in [0.2, 0.25) is 0 Å². The highest BCUT2D eigenvalue weighted by molar-refractivity contribution is 9.10. The smallest absolute Gasteiger partial charge is 0.185 e. The van der Waals surface area contributed by atoms with Crippen LogP contribution in [0, 0.1) is 0 Å². The van der Waals surface area contributed by atoms with Crippen molar-refractivity contribution in [1.82, 2.24) is 0 Å². The van der Waals surface area contributed by atoms with Crippen molar-refractivity contribution in [1.29, 1.82) is 0 Å². The van der Waals surface area contributed by atoms with Gasteiger partial charge in [0.25, 0.3) is 0 Å². The van der Waals surface area contributed by atoms with Gasteiger partial charge in [-0.2, -0.15) is 0 Å². The first-order valence-electron chi connectivity index (χ1n) is 5.96. The molecule has 0 fully saturated rings. The SMILES string of the molecule is COc1cc(/C=C/C(=O)c2ccccc2)cc(Br)c1O. The number of phenolic OH excluding ortho intramolecular Hbond substituents is 1. The fourth-order valence-corrected chi connectivity index (χ4v) is 2.18. The number of allylic oxidation sites excluding steroid dienone is 1. The van der Waals surface area contributed by atoms with E-state index in [2.05, 4.69) is 15.9 Å². The van der Waals surface area contributed by atoms with Crippen molar-refractivity contribution >= 4 is 27.8 Å². The average molecular weight is 333 g/mol. The Morgan fingerprint density at radius 2 is 1.95 bits per heavy atom. The number of benzene rings is 2. The molecular weight excluding hydrogens is 320 g/mol. The molecule has 1 N–H and O–H groups in total. The molecule has 102 valence electrons. The third kappa shape index (κ3) is 3.27. The highest BCUT2D eigenvalue weighted by atomic mass is 79.9. The average Bonchev–Trinajstić information content (AvgIpc) is 2.48. The van der Waals surface area contributed by atoms with Gasteiger partial charge in [-0.3, -0.25) is 4.79 Å². The van der Waals surface area contributed by atoms with Crippen LogP contribution in [0.4, 0.5) is 0 Å². The highest BCUT2D eigenvalue weighted by Crippen LogP contribution is 2.35. The summed E-state index contributed by atoms with van der Waals surface area (Å²) >= 11 is 3.24. The summed E-state index contributed by atoms with van der Waals surface area (Å²) in [5, 5.41) is 9.71. The molecule has 0 amide bonds. The maximum absolute atomic E-state index is 11.9. The molecule has 0 atom stereocenters. The summed E-state index contributed by atoms with van der Waals surface area (Å²) in [4.78, 5) is 11.9.